The third kappa shape index (κ3) is 2.42. The molecule has 6 heteroatoms. The van der Waals surface area contributed by atoms with Gasteiger partial charge in [0, 0.05) is 6.04 Å². The standard InChI is InChI=1S/C11H15FN2O2S/c1-6-4-10(6)14-17(15,16)8-3-7(2)11(12)9(13)5-8/h3,5-6,10,14H,4,13H2,1-2H3. The Labute approximate surface area is 100 Å². The van der Waals surface area contributed by atoms with Crippen molar-refractivity contribution in [1.29, 1.82) is 0 Å². The number of nitrogens with one attached hydrogen (secondary N) is 1. The van der Waals surface area contributed by atoms with E-state index < -0.39 is 15.8 Å². The molecule has 1 aromatic rings. The molecule has 0 amide bonds. The van der Waals surface area contributed by atoms with Crippen LogP contribution in [0, 0.1) is 18.7 Å². The Kier molecular flexibility index (Phi) is 2.87. The molecule has 0 aromatic heterocycles. The van der Waals surface area contributed by atoms with Crippen molar-refractivity contribution >= 4 is 15.7 Å². The lowest BCUT2D eigenvalue weighted by Crippen LogP contribution is -2.27. The summed E-state index contributed by atoms with van der Waals surface area (Å²) >= 11 is 0. The quantitative estimate of drug-likeness (QED) is 0.805. The van der Waals surface area contributed by atoms with Crippen LogP contribution in [0.2, 0.25) is 0 Å². The van der Waals surface area contributed by atoms with E-state index in [-0.39, 0.29) is 22.2 Å². The molecule has 0 spiro atoms. The zero-order valence-corrected chi connectivity index (χ0v) is 10.5. The maximum atomic E-state index is 13.3. The van der Waals surface area contributed by atoms with Gasteiger partial charge in [-0.25, -0.2) is 17.5 Å². The minimum atomic E-state index is -3.59. The monoisotopic (exact) mass is 258 g/mol. The predicted octanol–water partition coefficient (Wildman–Crippen LogP) is 1.40. The van der Waals surface area contributed by atoms with Crippen molar-refractivity contribution in [2.24, 2.45) is 5.92 Å². The van der Waals surface area contributed by atoms with Gasteiger partial charge in [0.05, 0.1) is 10.6 Å². The smallest absolute Gasteiger partial charge is 0.240 e. The van der Waals surface area contributed by atoms with Crippen LogP contribution >= 0.6 is 0 Å². The fourth-order valence-corrected chi connectivity index (χ4v) is 3.15. The van der Waals surface area contributed by atoms with E-state index in [0.717, 1.165) is 12.5 Å². The maximum Gasteiger partial charge on any atom is 0.240 e. The van der Waals surface area contributed by atoms with Crippen LogP contribution in [0.5, 0.6) is 0 Å². The summed E-state index contributed by atoms with van der Waals surface area (Å²) < 4.78 is 39.8. The molecular weight excluding hydrogens is 243 g/mol. The van der Waals surface area contributed by atoms with Gasteiger partial charge in [-0.3, -0.25) is 0 Å². The van der Waals surface area contributed by atoms with Gasteiger partial charge < -0.3 is 5.73 Å². The lowest BCUT2D eigenvalue weighted by molar-refractivity contribution is 0.577. The Balaban J connectivity index is 2.33. The summed E-state index contributed by atoms with van der Waals surface area (Å²) in [5, 5.41) is 0. The van der Waals surface area contributed by atoms with Crippen molar-refractivity contribution in [2.75, 3.05) is 5.73 Å². The Morgan fingerprint density at radius 1 is 1.47 bits per heavy atom. The molecule has 0 aliphatic heterocycles. The van der Waals surface area contributed by atoms with Gasteiger partial charge in [0.1, 0.15) is 5.82 Å². The number of nitrogen functional groups attached to an aromatic ring is 1. The molecule has 0 bridgehead atoms. The molecule has 0 radical (unpaired) electrons. The highest BCUT2D eigenvalue weighted by Gasteiger charge is 2.36. The van der Waals surface area contributed by atoms with Gasteiger partial charge >= 0.3 is 0 Å². The lowest BCUT2D eigenvalue weighted by atomic mass is 10.2. The SMILES string of the molecule is Cc1cc(S(=O)(=O)NC2CC2C)cc(N)c1F. The Hall–Kier alpha value is -1.14. The van der Waals surface area contributed by atoms with Crippen molar-refractivity contribution in [1.82, 2.24) is 4.72 Å². The molecular formula is C11H15FN2O2S. The molecule has 1 aromatic carbocycles. The minimum absolute atomic E-state index is 0.00779. The normalized spacial score (nSPS) is 23.7. The van der Waals surface area contributed by atoms with Crippen molar-refractivity contribution < 1.29 is 12.8 Å². The van der Waals surface area contributed by atoms with Crippen LogP contribution in [0.15, 0.2) is 17.0 Å². The summed E-state index contributed by atoms with van der Waals surface area (Å²) in [5.74, 6) is -0.201. The summed E-state index contributed by atoms with van der Waals surface area (Å²) in [6.07, 6.45) is 0.842. The highest BCUT2D eigenvalue weighted by Crippen LogP contribution is 2.31. The van der Waals surface area contributed by atoms with Crippen molar-refractivity contribution in [3.63, 3.8) is 0 Å². The second-order valence-electron chi connectivity index (χ2n) is 4.58. The Morgan fingerprint density at radius 3 is 2.53 bits per heavy atom. The van der Waals surface area contributed by atoms with Gasteiger partial charge in [-0.1, -0.05) is 6.92 Å². The van der Waals surface area contributed by atoms with Crippen LogP contribution < -0.4 is 10.5 Å². The van der Waals surface area contributed by atoms with E-state index in [1.165, 1.54) is 13.0 Å². The first kappa shape index (κ1) is 12.3. The number of halogens is 1. The second kappa shape index (κ2) is 3.96. The molecule has 0 saturated heterocycles. The second-order valence-corrected chi connectivity index (χ2v) is 6.30. The fraction of sp³-hybridized carbons (Fsp3) is 0.455. The highest BCUT2D eigenvalue weighted by atomic mass is 32.2. The van der Waals surface area contributed by atoms with Gasteiger partial charge in [0.2, 0.25) is 10.0 Å². The number of anilines is 1. The molecule has 1 aliphatic carbocycles. The molecule has 1 fully saturated rings. The molecule has 2 rings (SSSR count). The number of sulfonamides is 1. The molecule has 0 heterocycles. The zero-order chi connectivity index (χ0) is 12.8. The van der Waals surface area contributed by atoms with Gasteiger partial charge in [-0.15, -0.1) is 0 Å². The van der Waals surface area contributed by atoms with E-state index in [1.54, 1.807) is 0 Å². The molecule has 4 nitrogen and oxygen atoms in total. The largest absolute Gasteiger partial charge is 0.396 e. The molecule has 2 atom stereocenters. The number of rotatable bonds is 3. The number of hydrogen-bond acceptors (Lipinski definition) is 3. The van der Waals surface area contributed by atoms with E-state index in [1.807, 2.05) is 6.92 Å². The summed E-state index contributed by atoms with van der Waals surface area (Å²) in [5.41, 5.74) is 5.51. The van der Waals surface area contributed by atoms with Crippen molar-refractivity contribution in [3.8, 4) is 0 Å². The summed E-state index contributed by atoms with van der Waals surface area (Å²) in [6.45, 7) is 3.46. The topological polar surface area (TPSA) is 72.2 Å². The van der Waals surface area contributed by atoms with Gasteiger partial charge in [-0.2, -0.15) is 0 Å². The number of aryl methyl sites for hydroxylation is 1. The number of hydrogen-bond donors (Lipinski definition) is 2. The summed E-state index contributed by atoms with van der Waals surface area (Å²) in [4.78, 5) is 0.0213. The average molecular weight is 258 g/mol. The average Bonchev–Trinajstić information content (AvgIpc) is 2.89. The van der Waals surface area contributed by atoms with Crippen LogP contribution in [-0.4, -0.2) is 14.5 Å². The first-order chi connectivity index (χ1) is 7.81. The summed E-state index contributed by atoms with van der Waals surface area (Å²) in [7, 11) is -3.59. The zero-order valence-electron chi connectivity index (χ0n) is 9.70. The van der Waals surface area contributed by atoms with Crippen LogP contribution in [-0.2, 0) is 10.0 Å². The maximum absolute atomic E-state index is 13.3. The molecule has 17 heavy (non-hydrogen) atoms. The van der Waals surface area contributed by atoms with Crippen LogP contribution in [0.3, 0.4) is 0 Å². The lowest BCUT2D eigenvalue weighted by Gasteiger charge is -2.09. The third-order valence-corrected chi connectivity index (χ3v) is 4.45. The van der Waals surface area contributed by atoms with E-state index in [4.69, 9.17) is 5.73 Å². The molecule has 3 N–H and O–H groups in total. The fourth-order valence-electron chi connectivity index (χ4n) is 1.67. The minimum Gasteiger partial charge on any atom is -0.396 e. The van der Waals surface area contributed by atoms with E-state index >= 15 is 0 Å². The van der Waals surface area contributed by atoms with Crippen LogP contribution in [0.25, 0.3) is 0 Å². The molecule has 1 saturated carbocycles. The molecule has 94 valence electrons. The van der Waals surface area contributed by atoms with Crippen LogP contribution in [0.1, 0.15) is 18.9 Å². The summed E-state index contributed by atoms with van der Waals surface area (Å²) in [6, 6.07) is 2.44. The predicted molar refractivity (Wildman–Crippen MR) is 63.4 cm³/mol. The number of nitrogens with two attached hydrogens (primary N) is 1. The highest BCUT2D eigenvalue weighted by molar-refractivity contribution is 7.89. The van der Waals surface area contributed by atoms with E-state index in [2.05, 4.69) is 4.72 Å². The Bertz CT molecular complexity index is 534. The van der Waals surface area contributed by atoms with Crippen molar-refractivity contribution in [3.05, 3.63) is 23.5 Å². The van der Waals surface area contributed by atoms with Gasteiger partial charge in [-0.05, 0) is 37.0 Å². The van der Waals surface area contributed by atoms with Crippen LogP contribution in [0.4, 0.5) is 10.1 Å². The number of benzene rings is 1. The van der Waals surface area contributed by atoms with E-state index in [9.17, 15) is 12.8 Å². The first-order valence-corrected chi connectivity index (χ1v) is 6.87. The van der Waals surface area contributed by atoms with Crippen molar-refractivity contribution in [2.45, 2.75) is 31.2 Å². The first-order valence-electron chi connectivity index (χ1n) is 5.39. The molecule has 1 aliphatic rings. The van der Waals surface area contributed by atoms with Gasteiger partial charge in [0.25, 0.3) is 0 Å². The Morgan fingerprint density at radius 2 is 2.06 bits per heavy atom. The van der Waals surface area contributed by atoms with Gasteiger partial charge in [0.15, 0.2) is 0 Å². The third-order valence-electron chi connectivity index (χ3n) is 2.98. The molecule has 2 unspecified atom stereocenters. The van der Waals surface area contributed by atoms with E-state index in [0.29, 0.717) is 5.92 Å².